The molecular formula is C23H23F3N4O2. The average Bonchev–Trinajstić information content (AvgIpc) is 2.74. The highest BCUT2D eigenvalue weighted by Crippen LogP contribution is 2.36. The molecule has 0 unspecified atom stereocenters. The van der Waals surface area contributed by atoms with Gasteiger partial charge >= 0.3 is 6.18 Å². The molecular weight excluding hydrogens is 421 g/mol. The highest BCUT2D eigenvalue weighted by Gasteiger charge is 2.38. The zero-order valence-corrected chi connectivity index (χ0v) is 17.6. The Bertz CT molecular complexity index is 1040. The summed E-state index contributed by atoms with van der Waals surface area (Å²) in [6.07, 6.45) is -2.57. The average molecular weight is 444 g/mol. The number of nitrogens with one attached hydrogen (secondary N) is 1. The van der Waals surface area contributed by atoms with Gasteiger partial charge in [0.1, 0.15) is 11.7 Å². The topological polar surface area (TPSA) is 69.2 Å². The SMILES string of the molecule is CC(C)[C@H](Nc1ncc(C(F)(F)F)c(OC2COC2)n1)c1ccc(-c2ccccn2)cc1. The van der Waals surface area contributed by atoms with E-state index in [9.17, 15) is 13.2 Å². The number of benzene rings is 1. The van der Waals surface area contributed by atoms with E-state index in [1.807, 2.05) is 56.3 Å². The fourth-order valence-electron chi connectivity index (χ4n) is 3.33. The van der Waals surface area contributed by atoms with E-state index in [1.54, 1.807) is 6.20 Å². The molecule has 0 aliphatic carbocycles. The molecule has 6 nitrogen and oxygen atoms in total. The van der Waals surface area contributed by atoms with Gasteiger partial charge in [0.25, 0.3) is 0 Å². The van der Waals surface area contributed by atoms with Crippen LogP contribution in [0.3, 0.4) is 0 Å². The molecule has 1 fully saturated rings. The van der Waals surface area contributed by atoms with Crippen LogP contribution in [0.1, 0.15) is 31.0 Å². The van der Waals surface area contributed by atoms with Gasteiger partial charge in [-0.2, -0.15) is 18.2 Å². The molecule has 168 valence electrons. The molecule has 1 aliphatic heterocycles. The Labute approximate surface area is 183 Å². The lowest BCUT2D eigenvalue weighted by molar-refractivity contribution is -0.142. The minimum atomic E-state index is -4.61. The summed E-state index contributed by atoms with van der Waals surface area (Å²) in [6.45, 7) is 4.50. The van der Waals surface area contributed by atoms with Gasteiger partial charge < -0.3 is 14.8 Å². The van der Waals surface area contributed by atoms with E-state index < -0.39 is 23.7 Å². The number of hydrogen-bond acceptors (Lipinski definition) is 6. The van der Waals surface area contributed by atoms with Crippen LogP contribution in [0.5, 0.6) is 5.88 Å². The van der Waals surface area contributed by atoms with Crippen LogP contribution >= 0.6 is 0 Å². The fourth-order valence-corrected chi connectivity index (χ4v) is 3.33. The molecule has 0 saturated carbocycles. The summed E-state index contributed by atoms with van der Waals surface area (Å²) in [5.74, 6) is -0.303. The predicted molar refractivity (Wildman–Crippen MR) is 113 cm³/mol. The van der Waals surface area contributed by atoms with Gasteiger partial charge in [-0.1, -0.05) is 44.2 Å². The second-order valence-corrected chi connectivity index (χ2v) is 7.89. The number of alkyl halides is 3. The number of pyridine rings is 1. The van der Waals surface area contributed by atoms with Crippen LogP contribution in [0.25, 0.3) is 11.3 Å². The molecule has 0 amide bonds. The number of anilines is 1. The van der Waals surface area contributed by atoms with Crippen molar-refractivity contribution in [1.82, 2.24) is 15.0 Å². The van der Waals surface area contributed by atoms with Crippen LogP contribution < -0.4 is 10.1 Å². The first-order valence-corrected chi connectivity index (χ1v) is 10.3. The zero-order valence-electron chi connectivity index (χ0n) is 17.6. The molecule has 2 aromatic heterocycles. The van der Waals surface area contributed by atoms with Crippen molar-refractivity contribution in [2.75, 3.05) is 18.5 Å². The molecule has 1 atom stereocenters. The van der Waals surface area contributed by atoms with Crippen LogP contribution in [0, 0.1) is 5.92 Å². The predicted octanol–water partition coefficient (Wildman–Crippen LogP) is 5.14. The lowest BCUT2D eigenvalue weighted by Crippen LogP contribution is -2.39. The van der Waals surface area contributed by atoms with Crippen molar-refractivity contribution >= 4 is 5.95 Å². The lowest BCUT2D eigenvalue weighted by Gasteiger charge is -2.28. The summed E-state index contributed by atoms with van der Waals surface area (Å²) in [5.41, 5.74) is 1.79. The fraction of sp³-hybridized carbons (Fsp3) is 0.348. The number of rotatable bonds is 7. The molecule has 4 rings (SSSR count). The van der Waals surface area contributed by atoms with E-state index in [0.29, 0.717) is 0 Å². The Balaban J connectivity index is 1.58. The summed E-state index contributed by atoms with van der Waals surface area (Å²) >= 11 is 0. The van der Waals surface area contributed by atoms with Crippen molar-refractivity contribution < 1.29 is 22.6 Å². The first kappa shape index (κ1) is 22.0. The van der Waals surface area contributed by atoms with Gasteiger partial charge in [0.05, 0.1) is 24.9 Å². The summed E-state index contributed by atoms with van der Waals surface area (Å²) in [5, 5.41) is 3.17. The minimum Gasteiger partial charge on any atom is -0.469 e. The first-order valence-electron chi connectivity index (χ1n) is 10.3. The van der Waals surface area contributed by atoms with E-state index in [4.69, 9.17) is 9.47 Å². The molecule has 9 heteroatoms. The van der Waals surface area contributed by atoms with Gasteiger partial charge in [-0.3, -0.25) is 4.98 Å². The number of ether oxygens (including phenoxy) is 2. The maximum atomic E-state index is 13.4. The first-order chi connectivity index (χ1) is 15.3. The summed E-state index contributed by atoms with van der Waals surface area (Å²) in [7, 11) is 0. The molecule has 1 aliphatic rings. The second kappa shape index (κ2) is 9.12. The quantitative estimate of drug-likeness (QED) is 0.544. The van der Waals surface area contributed by atoms with E-state index in [1.165, 1.54) is 0 Å². The monoisotopic (exact) mass is 444 g/mol. The third-order valence-corrected chi connectivity index (χ3v) is 5.13. The molecule has 1 aromatic carbocycles. The van der Waals surface area contributed by atoms with Crippen LogP contribution in [0.15, 0.2) is 54.9 Å². The Morgan fingerprint density at radius 2 is 1.81 bits per heavy atom. The molecule has 3 heterocycles. The highest BCUT2D eigenvalue weighted by atomic mass is 19.4. The van der Waals surface area contributed by atoms with Gasteiger partial charge in [-0.05, 0) is 23.6 Å². The van der Waals surface area contributed by atoms with Gasteiger partial charge in [0.15, 0.2) is 0 Å². The molecule has 32 heavy (non-hydrogen) atoms. The van der Waals surface area contributed by atoms with Gasteiger partial charge in [0.2, 0.25) is 11.8 Å². The second-order valence-electron chi connectivity index (χ2n) is 7.89. The maximum absolute atomic E-state index is 13.4. The molecule has 1 saturated heterocycles. The van der Waals surface area contributed by atoms with Crippen molar-refractivity contribution in [1.29, 1.82) is 0 Å². The van der Waals surface area contributed by atoms with Crippen LogP contribution in [-0.2, 0) is 10.9 Å². The number of halogens is 3. The molecule has 0 spiro atoms. The van der Waals surface area contributed by atoms with Crippen LogP contribution in [0.4, 0.5) is 19.1 Å². The Morgan fingerprint density at radius 3 is 2.38 bits per heavy atom. The van der Waals surface area contributed by atoms with E-state index in [0.717, 1.165) is 23.0 Å². The number of nitrogens with zero attached hydrogens (tertiary/aromatic N) is 3. The van der Waals surface area contributed by atoms with Gasteiger partial charge in [-0.15, -0.1) is 0 Å². The third kappa shape index (κ3) is 4.99. The summed E-state index contributed by atoms with van der Waals surface area (Å²) in [6, 6.07) is 13.4. The van der Waals surface area contributed by atoms with Crippen molar-refractivity contribution in [2.45, 2.75) is 32.2 Å². The Hall–Kier alpha value is -3.20. The van der Waals surface area contributed by atoms with Crippen LogP contribution in [0.2, 0.25) is 0 Å². The van der Waals surface area contributed by atoms with Gasteiger partial charge in [0, 0.05) is 18.0 Å². The third-order valence-electron chi connectivity index (χ3n) is 5.13. The van der Waals surface area contributed by atoms with Crippen molar-refractivity contribution in [2.24, 2.45) is 5.92 Å². The largest absolute Gasteiger partial charge is 0.469 e. The standard InChI is InChI=1S/C23H23F3N4O2/c1-14(2)20(16-8-6-15(7-9-16)19-5-3-4-10-27-19)29-22-28-11-18(23(24,25)26)21(30-22)32-17-12-31-13-17/h3-11,14,17,20H,12-13H2,1-2H3,(H,28,29,30)/t20-/m0/s1. The van der Waals surface area contributed by atoms with Crippen molar-refractivity contribution in [3.05, 3.63) is 66.0 Å². The lowest BCUT2D eigenvalue weighted by atomic mass is 9.95. The highest BCUT2D eigenvalue weighted by molar-refractivity contribution is 5.59. The molecule has 1 N–H and O–H groups in total. The molecule has 3 aromatic rings. The van der Waals surface area contributed by atoms with Crippen LogP contribution in [-0.4, -0.2) is 34.3 Å². The van der Waals surface area contributed by atoms with E-state index in [2.05, 4.69) is 20.3 Å². The maximum Gasteiger partial charge on any atom is 0.423 e. The summed E-state index contributed by atoms with van der Waals surface area (Å²) < 4.78 is 50.5. The normalized spacial score (nSPS) is 15.3. The number of hydrogen-bond donors (Lipinski definition) is 1. The van der Waals surface area contributed by atoms with E-state index >= 15 is 0 Å². The number of aromatic nitrogens is 3. The van der Waals surface area contributed by atoms with Gasteiger partial charge in [-0.25, -0.2) is 4.98 Å². The zero-order chi connectivity index (χ0) is 22.7. The summed E-state index contributed by atoms with van der Waals surface area (Å²) in [4.78, 5) is 12.3. The van der Waals surface area contributed by atoms with E-state index in [-0.39, 0.29) is 31.1 Å². The minimum absolute atomic E-state index is 0.0701. The molecule has 0 radical (unpaired) electrons. The van der Waals surface area contributed by atoms with Crippen molar-refractivity contribution in [3.8, 4) is 17.1 Å². The smallest absolute Gasteiger partial charge is 0.423 e. The Kier molecular flexibility index (Phi) is 6.27. The van der Waals surface area contributed by atoms with Crippen molar-refractivity contribution in [3.63, 3.8) is 0 Å². The Morgan fingerprint density at radius 1 is 1.06 bits per heavy atom. The molecule has 0 bridgehead atoms.